The average molecular weight is 375 g/mol. The van der Waals surface area contributed by atoms with E-state index < -0.39 is 0 Å². The number of carbonyl (C=O) groups is 1. The lowest BCUT2D eigenvalue weighted by atomic mass is 10.1. The van der Waals surface area contributed by atoms with E-state index in [9.17, 15) is 4.79 Å². The van der Waals surface area contributed by atoms with E-state index in [1.54, 1.807) is 23.2 Å². The lowest BCUT2D eigenvalue weighted by Crippen LogP contribution is -2.50. The summed E-state index contributed by atoms with van der Waals surface area (Å²) in [7, 11) is 0. The van der Waals surface area contributed by atoms with Gasteiger partial charge in [-0.2, -0.15) is 5.10 Å². The minimum atomic E-state index is -0.0804. The van der Waals surface area contributed by atoms with Gasteiger partial charge in [-0.05, 0) is 44.0 Å². The Morgan fingerprint density at radius 2 is 2.17 bits per heavy atom. The molecular formula is C11H9Br2N3O2. The van der Waals surface area contributed by atoms with Gasteiger partial charge in [0.15, 0.2) is 10.4 Å². The summed E-state index contributed by atoms with van der Waals surface area (Å²) in [6.45, 7) is 1.32. The third-order valence-electron chi connectivity index (χ3n) is 2.88. The maximum Gasteiger partial charge on any atom is 0.289 e. The number of likely N-dealkylation sites (tertiary alicyclic amines) is 1. The fourth-order valence-corrected chi connectivity index (χ4v) is 2.50. The largest absolute Gasteiger partial charge is 0.444 e. The van der Waals surface area contributed by atoms with Crippen LogP contribution in [0.25, 0.3) is 0 Å². The van der Waals surface area contributed by atoms with Gasteiger partial charge < -0.3 is 9.32 Å². The Kier molecular flexibility index (Phi) is 3.03. The highest BCUT2D eigenvalue weighted by molar-refractivity contribution is 9.10. The summed E-state index contributed by atoms with van der Waals surface area (Å²) < 4.78 is 8.62. The first-order valence-electron chi connectivity index (χ1n) is 5.38. The molecular weight excluding hydrogens is 366 g/mol. The van der Waals surface area contributed by atoms with Crippen LogP contribution in [0.5, 0.6) is 0 Å². The Labute approximate surface area is 120 Å². The number of halogens is 2. The predicted molar refractivity (Wildman–Crippen MR) is 71.3 cm³/mol. The molecule has 0 N–H and O–H groups in total. The molecule has 2 aromatic heterocycles. The zero-order valence-corrected chi connectivity index (χ0v) is 12.4. The molecule has 18 heavy (non-hydrogen) atoms. The quantitative estimate of drug-likeness (QED) is 0.812. The Hall–Kier alpha value is -1.08. The van der Waals surface area contributed by atoms with E-state index in [0.717, 1.165) is 4.47 Å². The monoisotopic (exact) mass is 373 g/mol. The molecule has 94 valence electrons. The molecule has 0 spiro atoms. The third-order valence-corrected chi connectivity index (χ3v) is 3.71. The Bertz CT molecular complexity index is 587. The number of nitrogens with zero attached hydrogens (tertiary/aromatic N) is 3. The van der Waals surface area contributed by atoms with Crippen molar-refractivity contribution < 1.29 is 9.21 Å². The van der Waals surface area contributed by atoms with Gasteiger partial charge in [-0.15, -0.1) is 0 Å². The highest BCUT2D eigenvalue weighted by Crippen LogP contribution is 2.25. The van der Waals surface area contributed by atoms with Crippen LogP contribution in [0.15, 0.2) is 38.1 Å². The van der Waals surface area contributed by atoms with E-state index in [2.05, 4.69) is 37.0 Å². The van der Waals surface area contributed by atoms with E-state index in [0.29, 0.717) is 23.5 Å². The number of hydrogen-bond acceptors (Lipinski definition) is 3. The van der Waals surface area contributed by atoms with Gasteiger partial charge in [0.25, 0.3) is 5.91 Å². The summed E-state index contributed by atoms with van der Waals surface area (Å²) in [4.78, 5) is 13.7. The fourth-order valence-electron chi connectivity index (χ4n) is 1.89. The van der Waals surface area contributed by atoms with Crippen molar-refractivity contribution in [3.05, 3.63) is 39.4 Å². The van der Waals surface area contributed by atoms with Crippen molar-refractivity contribution in [2.75, 3.05) is 13.1 Å². The number of hydrogen-bond donors (Lipinski definition) is 0. The van der Waals surface area contributed by atoms with Crippen molar-refractivity contribution in [3.63, 3.8) is 0 Å². The predicted octanol–water partition coefficient (Wildman–Crippen LogP) is 2.70. The molecule has 0 bridgehead atoms. The molecule has 0 aromatic carbocycles. The van der Waals surface area contributed by atoms with Crippen molar-refractivity contribution in [2.24, 2.45) is 0 Å². The molecule has 3 heterocycles. The minimum Gasteiger partial charge on any atom is -0.444 e. The maximum atomic E-state index is 12.0. The summed E-state index contributed by atoms with van der Waals surface area (Å²) >= 11 is 6.54. The molecule has 1 aliphatic heterocycles. The Balaban J connectivity index is 1.64. The van der Waals surface area contributed by atoms with E-state index in [1.807, 2.05) is 10.9 Å². The molecule has 1 amide bonds. The van der Waals surface area contributed by atoms with Crippen LogP contribution in [-0.2, 0) is 0 Å². The van der Waals surface area contributed by atoms with Crippen molar-refractivity contribution >= 4 is 37.8 Å². The second-order valence-corrected chi connectivity index (χ2v) is 5.80. The molecule has 0 radical (unpaired) electrons. The second-order valence-electron chi connectivity index (χ2n) is 4.11. The van der Waals surface area contributed by atoms with Gasteiger partial charge >= 0.3 is 0 Å². The Morgan fingerprint density at radius 3 is 2.72 bits per heavy atom. The molecule has 1 saturated heterocycles. The summed E-state index contributed by atoms with van der Waals surface area (Å²) in [5.41, 5.74) is 0. The van der Waals surface area contributed by atoms with E-state index >= 15 is 0 Å². The number of furan rings is 1. The van der Waals surface area contributed by atoms with Crippen LogP contribution in [0.2, 0.25) is 0 Å². The normalized spacial score (nSPS) is 15.8. The molecule has 2 aromatic rings. The van der Waals surface area contributed by atoms with Crippen molar-refractivity contribution in [3.8, 4) is 0 Å². The lowest BCUT2D eigenvalue weighted by molar-refractivity contribution is 0.0468. The summed E-state index contributed by atoms with van der Waals surface area (Å²) in [6.07, 6.45) is 3.66. The van der Waals surface area contributed by atoms with Gasteiger partial charge in [-0.1, -0.05) is 0 Å². The smallest absolute Gasteiger partial charge is 0.289 e. The fraction of sp³-hybridized carbons (Fsp3) is 0.273. The van der Waals surface area contributed by atoms with Crippen LogP contribution in [0.4, 0.5) is 0 Å². The van der Waals surface area contributed by atoms with Gasteiger partial charge in [-0.25, -0.2) is 0 Å². The van der Waals surface area contributed by atoms with Gasteiger partial charge in [0.05, 0.1) is 16.7 Å². The van der Waals surface area contributed by atoms with Crippen LogP contribution in [0.1, 0.15) is 16.6 Å². The van der Waals surface area contributed by atoms with Crippen molar-refractivity contribution in [1.29, 1.82) is 0 Å². The first kappa shape index (κ1) is 12.0. The summed E-state index contributed by atoms with van der Waals surface area (Å²) in [5, 5.41) is 4.21. The zero-order chi connectivity index (χ0) is 12.7. The average Bonchev–Trinajstić information content (AvgIpc) is 2.85. The molecule has 0 atom stereocenters. The molecule has 1 fully saturated rings. The molecule has 0 aliphatic carbocycles. The number of aromatic nitrogens is 2. The topological polar surface area (TPSA) is 51.3 Å². The van der Waals surface area contributed by atoms with Crippen LogP contribution < -0.4 is 0 Å². The van der Waals surface area contributed by atoms with Gasteiger partial charge in [0.1, 0.15) is 0 Å². The van der Waals surface area contributed by atoms with Gasteiger partial charge in [0, 0.05) is 19.3 Å². The molecule has 0 unspecified atom stereocenters. The second kappa shape index (κ2) is 4.55. The molecule has 7 heteroatoms. The number of amides is 1. The van der Waals surface area contributed by atoms with Crippen LogP contribution >= 0.6 is 31.9 Å². The molecule has 0 saturated carbocycles. The van der Waals surface area contributed by atoms with E-state index in [-0.39, 0.29) is 11.9 Å². The van der Waals surface area contributed by atoms with Crippen molar-refractivity contribution in [1.82, 2.24) is 14.7 Å². The first-order valence-corrected chi connectivity index (χ1v) is 6.96. The zero-order valence-electron chi connectivity index (χ0n) is 9.22. The standard InChI is InChI=1S/C11H9Br2N3O2/c12-7-3-14-16(4-7)8-5-15(6-8)11(17)9-1-2-10(13)18-9/h1-4,8H,5-6H2. The first-order chi connectivity index (χ1) is 8.63. The van der Waals surface area contributed by atoms with E-state index in [1.165, 1.54) is 0 Å². The minimum absolute atomic E-state index is 0.0804. The molecule has 3 rings (SSSR count). The third kappa shape index (κ3) is 2.12. The van der Waals surface area contributed by atoms with Crippen LogP contribution in [0, 0.1) is 0 Å². The summed E-state index contributed by atoms with van der Waals surface area (Å²) in [5.74, 6) is 0.283. The molecule has 5 nitrogen and oxygen atoms in total. The van der Waals surface area contributed by atoms with Crippen LogP contribution in [-0.4, -0.2) is 33.7 Å². The number of carbonyl (C=O) groups excluding carboxylic acids is 1. The lowest BCUT2D eigenvalue weighted by Gasteiger charge is -2.38. The van der Waals surface area contributed by atoms with Crippen molar-refractivity contribution in [2.45, 2.75) is 6.04 Å². The van der Waals surface area contributed by atoms with Gasteiger partial charge in [-0.3, -0.25) is 9.48 Å². The van der Waals surface area contributed by atoms with E-state index in [4.69, 9.17) is 4.42 Å². The Morgan fingerprint density at radius 1 is 1.39 bits per heavy atom. The maximum absolute atomic E-state index is 12.0. The highest BCUT2D eigenvalue weighted by atomic mass is 79.9. The highest BCUT2D eigenvalue weighted by Gasteiger charge is 2.34. The SMILES string of the molecule is O=C(c1ccc(Br)o1)N1CC(n2cc(Br)cn2)C1. The molecule has 1 aliphatic rings. The van der Waals surface area contributed by atoms with Crippen LogP contribution in [0.3, 0.4) is 0 Å². The number of rotatable bonds is 2. The summed E-state index contributed by atoms with van der Waals surface area (Å²) in [6, 6.07) is 3.64. The van der Waals surface area contributed by atoms with Gasteiger partial charge in [0.2, 0.25) is 0 Å².